The SMILES string of the molecule is COC(=O)[C@H]1[C@H]2C[C@@H]3c4[nH]c5cc(OC)ccc5c4CCN3C[C@H]2C[C@@H](OC(=O)/C=C/c2ccc(OC)c(SC)c2)[C@@H]1OC. The number of nitrogens with zero attached hydrogens (tertiary/aromatic N) is 1. The molecule has 6 atom stereocenters. The Morgan fingerprint density at radius 3 is 2.61 bits per heavy atom. The van der Waals surface area contributed by atoms with Gasteiger partial charge in [0.15, 0.2) is 0 Å². The second-order valence-electron chi connectivity index (χ2n) is 11.8. The van der Waals surface area contributed by atoms with Gasteiger partial charge < -0.3 is 28.7 Å². The Morgan fingerprint density at radius 1 is 1.05 bits per heavy atom. The van der Waals surface area contributed by atoms with Crippen LogP contribution in [0.15, 0.2) is 47.4 Å². The molecule has 2 aliphatic heterocycles. The van der Waals surface area contributed by atoms with Gasteiger partial charge in [0.05, 0.1) is 33.3 Å². The molecule has 3 aromatic rings. The predicted molar refractivity (Wildman–Crippen MR) is 169 cm³/mol. The van der Waals surface area contributed by atoms with E-state index in [-0.39, 0.29) is 23.8 Å². The van der Waals surface area contributed by atoms with E-state index < -0.39 is 24.1 Å². The number of aromatic amines is 1. The quantitative estimate of drug-likeness (QED) is 0.205. The summed E-state index contributed by atoms with van der Waals surface area (Å²) in [4.78, 5) is 33.6. The maximum atomic E-state index is 13.4. The number of methoxy groups -OCH3 is 4. The van der Waals surface area contributed by atoms with Crippen LogP contribution < -0.4 is 9.47 Å². The van der Waals surface area contributed by atoms with Crippen molar-refractivity contribution in [2.75, 3.05) is 47.8 Å². The molecule has 3 heterocycles. The van der Waals surface area contributed by atoms with Crippen LogP contribution in [0.3, 0.4) is 0 Å². The van der Waals surface area contributed by atoms with Crippen molar-refractivity contribution in [1.82, 2.24) is 9.88 Å². The van der Waals surface area contributed by atoms with Crippen LogP contribution in [-0.4, -0.2) is 81.8 Å². The molecule has 1 saturated carbocycles. The van der Waals surface area contributed by atoms with Gasteiger partial charge in [-0.2, -0.15) is 0 Å². The summed E-state index contributed by atoms with van der Waals surface area (Å²) < 4.78 is 28.1. The first kappa shape index (κ1) is 30.6. The number of esters is 2. The molecule has 0 bridgehead atoms. The minimum atomic E-state index is -0.605. The van der Waals surface area contributed by atoms with Crippen molar-refractivity contribution in [2.45, 2.75) is 42.4 Å². The summed E-state index contributed by atoms with van der Waals surface area (Å²) in [6, 6.07) is 12.1. The van der Waals surface area contributed by atoms with E-state index in [4.69, 9.17) is 23.7 Å². The van der Waals surface area contributed by atoms with Crippen LogP contribution in [0, 0.1) is 17.8 Å². The highest BCUT2D eigenvalue weighted by atomic mass is 32.2. The molecule has 0 unspecified atom stereocenters. The van der Waals surface area contributed by atoms with Gasteiger partial charge in [-0.1, -0.05) is 6.07 Å². The minimum absolute atomic E-state index is 0.0234. The van der Waals surface area contributed by atoms with Crippen LogP contribution in [0.25, 0.3) is 17.0 Å². The Hall–Kier alpha value is -3.47. The van der Waals surface area contributed by atoms with Crippen molar-refractivity contribution in [3.05, 3.63) is 59.3 Å². The summed E-state index contributed by atoms with van der Waals surface area (Å²) in [5, 5.41) is 1.23. The van der Waals surface area contributed by atoms with E-state index in [2.05, 4.69) is 16.0 Å². The highest BCUT2D eigenvalue weighted by molar-refractivity contribution is 7.98. The van der Waals surface area contributed by atoms with Gasteiger partial charge in [-0.25, -0.2) is 4.79 Å². The summed E-state index contributed by atoms with van der Waals surface area (Å²) in [5.74, 6) is 0.447. The zero-order valence-corrected chi connectivity index (χ0v) is 26.6. The largest absolute Gasteiger partial charge is 0.497 e. The van der Waals surface area contributed by atoms with Crippen LogP contribution in [0.1, 0.15) is 35.7 Å². The molecular weight excluding hydrogens is 580 g/mol. The lowest BCUT2D eigenvalue weighted by molar-refractivity contribution is -0.187. The Bertz CT molecular complexity index is 1570. The third-order valence-corrected chi connectivity index (χ3v) is 10.4. The van der Waals surface area contributed by atoms with Gasteiger partial charge in [-0.3, -0.25) is 9.69 Å². The third kappa shape index (κ3) is 5.59. The summed E-state index contributed by atoms with van der Waals surface area (Å²) in [5.41, 5.74) is 4.50. The van der Waals surface area contributed by atoms with Gasteiger partial charge in [0.1, 0.15) is 23.7 Å². The van der Waals surface area contributed by atoms with E-state index in [1.54, 1.807) is 39.2 Å². The Morgan fingerprint density at radius 2 is 1.89 bits per heavy atom. The van der Waals surface area contributed by atoms with Crippen LogP contribution in [0.2, 0.25) is 0 Å². The maximum absolute atomic E-state index is 13.4. The number of benzene rings is 2. The number of hydrogen-bond donors (Lipinski definition) is 1. The zero-order valence-electron chi connectivity index (χ0n) is 25.8. The summed E-state index contributed by atoms with van der Waals surface area (Å²) in [6.07, 6.45) is 6.33. The number of H-pyrrole nitrogens is 1. The molecule has 9 nitrogen and oxygen atoms in total. The van der Waals surface area contributed by atoms with Gasteiger partial charge >= 0.3 is 11.9 Å². The molecule has 1 aromatic heterocycles. The number of fused-ring (bicyclic) bond motifs is 6. The fourth-order valence-corrected chi connectivity index (χ4v) is 8.27. The second-order valence-corrected chi connectivity index (χ2v) is 12.6. The van der Waals surface area contributed by atoms with Gasteiger partial charge in [0, 0.05) is 53.8 Å². The van der Waals surface area contributed by atoms with E-state index in [0.29, 0.717) is 6.42 Å². The summed E-state index contributed by atoms with van der Waals surface area (Å²) >= 11 is 1.58. The molecule has 2 fully saturated rings. The Labute approximate surface area is 262 Å². The highest BCUT2D eigenvalue weighted by Crippen LogP contribution is 2.50. The van der Waals surface area contributed by atoms with E-state index in [1.807, 2.05) is 36.6 Å². The summed E-state index contributed by atoms with van der Waals surface area (Å²) in [6.45, 7) is 1.74. The molecular formula is C34H40N2O7S. The average molecular weight is 621 g/mol. The van der Waals surface area contributed by atoms with Crippen molar-refractivity contribution < 1.29 is 33.3 Å². The zero-order chi connectivity index (χ0) is 31.0. The van der Waals surface area contributed by atoms with Gasteiger partial charge in [-0.15, -0.1) is 11.8 Å². The monoisotopic (exact) mass is 620 g/mol. The van der Waals surface area contributed by atoms with Crippen molar-refractivity contribution >= 4 is 40.7 Å². The Balaban J connectivity index is 1.23. The number of rotatable bonds is 8. The maximum Gasteiger partial charge on any atom is 0.331 e. The molecule has 234 valence electrons. The fourth-order valence-electron chi connectivity index (χ4n) is 7.67. The highest BCUT2D eigenvalue weighted by Gasteiger charge is 2.54. The number of aromatic nitrogens is 1. The van der Waals surface area contributed by atoms with Crippen molar-refractivity contribution in [1.29, 1.82) is 0 Å². The normalized spacial score (nSPS) is 26.5. The first-order valence-corrected chi connectivity index (χ1v) is 16.2. The molecule has 6 rings (SSSR count). The molecule has 44 heavy (non-hydrogen) atoms. The van der Waals surface area contributed by atoms with Gasteiger partial charge in [0.25, 0.3) is 0 Å². The number of ether oxygens (including phenoxy) is 5. The minimum Gasteiger partial charge on any atom is -0.497 e. The molecule has 0 amide bonds. The van der Waals surface area contributed by atoms with E-state index in [9.17, 15) is 9.59 Å². The van der Waals surface area contributed by atoms with E-state index in [1.165, 1.54) is 29.8 Å². The van der Waals surface area contributed by atoms with Crippen LogP contribution in [0.4, 0.5) is 0 Å². The standard InChI is InChI=1S/C34H40N2O7S/c1-39-21-8-9-22-23-12-13-36-18-20-15-28(43-30(37)11-7-19-6-10-27(40-2)29(14-19)44-5)33(41-3)31(34(38)42-4)24(20)17-26(36)32(23)35-25(22)16-21/h6-11,14,16,20,24,26,28,31,33,35H,12-13,15,17-18H2,1-5H3/b11-7+/t20-,24+,26-,28-,31+,33+/m1/s1. The number of piperidine rings is 1. The van der Waals surface area contributed by atoms with Crippen molar-refractivity contribution in [3.8, 4) is 11.5 Å². The molecule has 10 heteroatoms. The number of carbonyl (C=O) groups excluding carboxylic acids is 2. The van der Waals surface area contributed by atoms with E-state index in [0.717, 1.165) is 53.4 Å². The molecule has 0 spiro atoms. The lowest BCUT2D eigenvalue weighted by Crippen LogP contribution is -2.58. The van der Waals surface area contributed by atoms with Crippen molar-refractivity contribution in [2.24, 2.45) is 17.8 Å². The lowest BCUT2D eigenvalue weighted by atomic mass is 9.63. The Kier molecular flexibility index (Phi) is 8.94. The lowest BCUT2D eigenvalue weighted by Gasteiger charge is -2.52. The fraction of sp³-hybridized carbons (Fsp3) is 0.471. The molecule has 0 radical (unpaired) electrons. The average Bonchev–Trinajstić information content (AvgIpc) is 3.43. The second kappa shape index (κ2) is 12.9. The number of nitrogens with one attached hydrogen (secondary N) is 1. The number of carbonyl (C=O) groups is 2. The molecule has 1 N–H and O–H groups in total. The summed E-state index contributed by atoms with van der Waals surface area (Å²) in [7, 11) is 6.31. The smallest absolute Gasteiger partial charge is 0.331 e. The van der Waals surface area contributed by atoms with Crippen LogP contribution in [-0.2, 0) is 30.2 Å². The molecule has 3 aliphatic rings. The van der Waals surface area contributed by atoms with Crippen molar-refractivity contribution in [3.63, 3.8) is 0 Å². The van der Waals surface area contributed by atoms with Gasteiger partial charge in [0.2, 0.25) is 0 Å². The molecule has 2 aromatic carbocycles. The van der Waals surface area contributed by atoms with Crippen LogP contribution in [0.5, 0.6) is 11.5 Å². The topological polar surface area (TPSA) is 99.3 Å². The van der Waals surface area contributed by atoms with Crippen LogP contribution >= 0.6 is 11.8 Å². The molecule has 1 saturated heterocycles. The first-order valence-electron chi connectivity index (χ1n) is 15.0. The third-order valence-electron chi connectivity index (χ3n) is 9.69. The predicted octanol–water partition coefficient (Wildman–Crippen LogP) is 5.28. The van der Waals surface area contributed by atoms with Gasteiger partial charge in [-0.05, 0) is 78.8 Å². The first-order chi connectivity index (χ1) is 21.4. The van der Waals surface area contributed by atoms with E-state index >= 15 is 0 Å². The number of hydrogen-bond acceptors (Lipinski definition) is 9. The number of thioether (sulfide) groups is 1. The molecule has 1 aliphatic carbocycles.